The lowest BCUT2D eigenvalue weighted by atomic mass is 10.1. The molecule has 7 nitrogen and oxygen atoms in total. The fraction of sp³-hybridized carbons (Fsp3) is 0.318. The van der Waals surface area contributed by atoms with Crippen molar-refractivity contribution in [2.75, 3.05) is 11.9 Å². The van der Waals surface area contributed by atoms with Crippen LogP contribution in [0.2, 0.25) is 10.0 Å². The Morgan fingerprint density at radius 2 is 1.61 bits per heavy atom. The maximum absolute atomic E-state index is 12.3. The van der Waals surface area contributed by atoms with Gasteiger partial charge in [0.15, 0.2) is 0 Å². The number of amides is 3. The average Bonchev–Trinajstić information content (AvgIpc) is 2.68. The summed E-state index contributed by atoms with van der Waals surface area (Å²) < 4.78 is 5.10. The molecule has 0 aliphatic rings. The Bertz CT molecular complexity index is 941. The van der Waals surface area contributed by atoms with Gasteiger partial charge in [-0.15, -0.1) is 0 Å². The number of benzene rings is 2. The van der Waals surface area contributed by atoms with Crippen LogP contribution in [0.4, 0.5) is 10.5 Å². The molecule has 2 rings (SSSR count). The van der Waals surface area contributed by atoms with Gasteiger partial charge in [-0.05, 0) is 56.7 Å². The maximum Gasteiger partial charge on any atom is 0.407 e. The van der Waals surface area contributed by atoms with Gasteiger partial charge in [0.2, 0.25) is 5.91 Å². The van der Waals surface area contributed by atoms with Crippen molar-refractivity contribution in [1.29, 1.82) is 0 Å². The van der Waals surface area contributed by atoms with Gasteiger partial charge in [-0.3, -0.25) is 9.59 Å². The van der Waals surface area contributed by atoms with E-state index in [0.29, 0.717) is 27.8 Å². The summed E-state index contributed by atoms with van der Waals surface area (Å²) in [5.74, 6) is -0.509. The van der Waals surface area contributed by atoms with Gasteiger partial charge in [0.1, 0.15) is 5.60 Å². The zero-order valence-corrected chi connectivity index (χ0v) is 19.1. The first-order valence-corrected chi connectivity index (χ1v) is 10.4. The summed E-state index contributed by atoms with van der Waals surface area (Å²) in [5.41, 5.74) is 1.28. The van der Waals surface area contributed by atoms with Crippen LogP contribution in [0.15, 0.2) is 42.5 Å². The Labute approximate surface area is 191 Å². The van der Waals surface area contributed by atoms with Gasteiger partial charge in [-0.2, -0.15) is 0 Å². The number of halogens is 2. The van der Waals surface area contributed by atoms with Crippen LogP contribution in [0.3, 0.4) is 0 Å². The van der Waals surface area contributed by atoms with Crippen molar-refractivity contribution in [3.8, 4) is 0 Å². The highest BCUT2D eigenvalue weighted by Crippen LogP contribution is 2.23. The monoisotopic (exact) mass is 465 g/mol. The molecular formula is C22H25Cl2N3O4. The molecule has 3 N–H and O–H groups in total. The van der Waals surface area contributed by atoms with E-state index >= 15 is 0 Å². The molecule has 0 fully saturated rings. The van der Waals surface area contributed by atoms with Crippen LogP contribution in [0.1, 0.15) is 43.1 Å². The van der Waals surface area contributed by atoms with E-state index in [9.17, 15) is 14.4 Å². The first-order chi connectivity index (χ1) is 14.5. The molecule has 166 valence electrons. The van der Waals surface area contributed by atoms with Gasteiger partial charge in [-0.1, -0.05) is 35.3 Å². The second-order valence-corrected chi connectivity index (χ2v) is 8.55. The summed E-state index contributed by atoms with van der Waals surface area (Å²) in [6, 6.07) is 11.7. The summed E-state index contributed by atoms with van der Waals surface area (Å²) >= 11 is 11.8. The van der Waals surface area contributed by atoms with Gasteiger partial charge < -0.3 is 20.7 Å². The predicted molar refractivity (Wildman–Crippen MR) is 122 cm³/mol. The van der Waals surface area contributed by atoms with Crippen LogP contribution in [0.5, 0.6) is 0 Å². The Morgan fingerprint density at radius 3 is 2.23 bits per heavy atom. The molecule has 0 bridgehead atoms. The van der Waals surface area contributed by atoms with Gasteiger partial charge >= 0.3 is 6.09 Å². The molecule has 3 amide bonds. The SMILES string of the molecule is CC(C)(C)OC(=O)NCCC(=O)NCc1ccc(NC(=O)c2ccc(Cl)c(Cl)c2)cc1. The van der Waals surface area contributed by atoms with E-state index < -0.39 is 11.7 Å². The summed E-state index contributed by atoms with van der Waals surface area (Å²) in [6.07, 6.45) is -0.421. The van der Waals surface area contributed by atoms with E-state index in [-0.39, 0.29) is 24.8 Å². The highest BCUT2D eigenvalue weighted by Gasteiger charge is 2.16. The highest BCUT2D eigenvalue weighted by atomic mass is 35.5. The third-order valence-electron chi connectivity index (χ3n) is 3.90. The molecule has 31 heavy (non-hydrogen) atoms. The number of rotatable bonds is 7. The number of ether oxygens (including phenoxy) is 1. The largest absolute Gasteiger partial charge is 0.444 e. The molecule has 2 aromatic carbocycles. The molecule has 0 aliphatic carbocycles. The predicted octanol–water partition coefficient (Wildman–Crippen LogP) is 4.78. The molecule has 9 heteroatoms. The minimum Gasteiger partial charge on any atom is -0.444 e. The summed E-state index contributed by atoms with van der Waals surface area (Å²) in [4.78, 5) is 35.8. The lowest BCUT2D eigenvalue weighted by Gasteiger charge is -2.19. The summed E-state index contributed by atoms with van der Waals surface area (Å²) in [7, 11) is 0. The quantitative estimate of drug-likeness (QED) is 0.548. The number of hydrogen-bond donors (Lipinski definition) is 3. The van der Waals surface area contributed by atoms with E-state index in [0.717, 1.165) is 5.56 Å². The molecule has 0 aliphatic heterocycles. The molecule has 0 aromatic heterocycles. The number of nitrogens with one attached hydrogen (secondary N) is 3. The molecular weight excluding hydrogens is 441 g/mol. The molecule has 0 unspecified atom stereocenters. The highest BCUT2D eigenvalue weighted by molar-refractivity contribution is 6.42. The zero-order valence-electron chi connectivity index (χ0n) is 17.6. The van der Waals surface area contributed by atoms with Crippen molar-refractivity contribution >= 4 is 46.8 Å². The smallest absolute Gasteiger partial charge is 0.407 e. The second kappa shape index (κ2) is 11.0. The minimum atomic E-state index is -0.583. The van der Waals surface area contributed by atoms with Crippen molar-refractivity contribution in [3.05, 3.63) is 63.6 Å². The number of carbonyl (C=O) groups is 3. The van der Waals surface area contributed by atoms with Crippen LogP contribution in [-0.2, 0) is 16.1 Å². The molecule has 2 aromatic rings. The van der Waals surface area contributed by atoms with Crippen LogP contribution in [0.25, 0.3) is 0 Å². The Morgan fingerprint density at radius 1 is 0.935 bits per heavy atom. The Kier molecular flexibility index (Phi) is 8.71. The molecule has 0 saturated heterocycles. The molecule has 0 heterocycles. The van der Waals surface area contributed by atoms with Crippen molar-refractivity contribution in [1.82, 2.24) is 10.6 Å². The number of anilines is 1. The number of alkyl carbamates (subject to hydrolysis) is 1. The first-order valence-electron chi connectivity index (χ1n) is 9.62. The molecule has 0 atom stereocenters. The third-order valence-corrected chi connectivity index (χ3v) is 4.64. The summed E-state index contributed by atoms with van der Waals surface area (Å²) in [5, 5.41) is 8.77. The first kappa shape index (κ1) is 24.5. The van der Waals surface area contributed by atoms with E-state index in [2.05, 4.69) is 16.0 Å². The molecule has 0 radical (unpaired) electrons. The van der Waals surface area contributed by atoms with Gasteiger partial charge in [0.25, 0.3) is 5.91 Å². The Balaban J connectivity index is 1.75. The van der Waals surface area contributed by atoms with Crippen molar-refractivity contribution in [2.45, 2.75) is 39.3 Å². The lowest BCUT2D eigenvalue weighted by molar-refractivity contribution is -0.121. The van der Waals surface area contributed by atoms with Crippen molar-refractivity contribution in [2.24, 2.45) is 0 Å². The minimum absolute atomic E-state index is 0.136. The van der Waals surface area contributed by atoms with Gasteiger partial charge in [0, 0.05) is 30.8 Å². The maximum atomic E-state index is 12.3. The zero-order chi connectivity index (χ0) is 23.0. The van der Waals surface area contributed by atoms with Crippen molar-refractivity contribution in [3.63, 3.8) is 0 Å². The van der Waals surface area contributed by atoms with Crippen LogP contribution < -0.4 is 16.0 Å². The van der Waals surface area contributed by atoms with E-state index in [4.69, 9.17) is 27.9 Å². The molecule has 0 spiro atoms. The van der Waals surface area contributed by atoms with E-state index in [1.54, 1.807) is 57.2 Å². The average molecular weight is 466 g/mol. The third kappa shape index (κ3) is 8.86. The van der Waals surface area contributed by atoms with Crippen molar-refractivity contribution < 1.29 is 19.1 Å². The van der Waals surface area contributed by atoms with Gasteiger partial charge in [-0.25, -0.2) is 4.79 Å². The fourth-order valence-corrected chi connectivity index (χ4v) is 2.73. The fourth-order valence-electron chi connectivity index (χ4n) is 2.43. The topological polar surface area (TPSA) is 96.5 Å². The molecule has 0 saturated carbocycles. The summed E-state index contributed by atoms with van der Waals surface area (Å²) in [6.45, 7) is 5.81. The lowest BCUT2D eigenvalue weighted by Crippen LogP contribution is -2.35. The van der Waals surface area contributed by atoms with Crippen LogP contribution in [0, 0.1) is 0 Å². The van der Waals surface area contributed by atoms with Crippen LogP contribution >= 0.6 is 23.2 Å². The van der Waals surface area contributed by atoms with Crippen LogP contribution in [-0.4, -0.2) is 30.1 Å². The normalized spacial score (nSPS) is 10.9. The van der Waals surface area contributed by atoms with Gasteiger partial charge in [0.05, 0.1) is 10.0 Å². The van der Waals surface area contributed by atoms with E-state index in [1.165, 1.54) is 6.07 Å². The number of carbonyl (C=O) groups excluding carboxylic acids is 3. The Hall–Kier alpha value is -2.77. The standard InChI is InChI=1S/C22H25Cl2N3O4/c1-22(2,3)31-21(30)25-11-10-19(28)26-13-14-4-7-16(8-5-14)27-20(29)15-6-9-17(23)18(24)12-15/h4-9,12H,10-11,13H2,1-3H3,(H,25,30)(H,26,28)(H,27,29). The number of hydrogen-bond acceptors (Lipinski definition) is 4. The van der Waals surface area contributed by atoms with E-state index in [1.807, 2.05) is 0 Å². The second-order valence-electron chi connectivity index (χ2n) is 7.74.